The van der Waals surface area contributed by atoms with Gasteiger partial charge in [-0.25, -0.2) is 0 Å². The molecule has 0 saturated carbocycles. The Balaban J connectivity index is 1.33. The third-order valence-electron chi connectivity index (χ3n) is 8.69. The molecule has 3 heterocycles. The molecular formula is C37H23N3OS. The van der Waals surface area contributed by atoms with E-state index in [4.69, 9.17) is 10.5 Å². The van der Waals surface area contributed by atoms with E-state index in [1.54, 1.807) is 0 Å². The number of hydrogen-bond acceptors (Lipinski definition) is 4. The van der Waals surface area contributed by atoms with E-state index in [0.29, 0.717) is 11.3 Å². The van der Waals surface area contributed by atoms with E-state index < -0.39 is 0 Å². The summed E-state index contributed by atoms with van der Waals surface area (Å²) in [5.74, 6) is 0.864. The van der Waals surface area contributed by atoms with Gasteiger partial charge in [0.2, 0.25) is 0 Å². The lowest BCUT2D eigenvalue weighted by atomic mass is 9.86. The molecule has 0 fully saturated rings. The Morgan fingerprint density at radius 1 is 0.833 bits per heavy atom. The third-order valence-corrected chi connectivity index (χ3v) is 9.88. The summed E-state index contributed by atoms with van der Waals surface area (Å²) in [6, 6.07) is 36.0. The zero-order valence-corrected chi connectivity index (χ0v) is 23.2. The summed E-state index contributed by atoms with van der Waals surface area (Å²) in [6.45, 7) is 0. The first-order valence-corrected chi connectivity index (χ1v) is 14.8. The second-order valence-electron chi connectivity index (χ2n) is 11.0. The Morgan fingerprint density at radius 2 is 1.67 bits per heavy atom. The Labute approximate surface area is 245 Å². The number of nitrogens with two attached hydrogens (primary N) is 1. The molecule has 0 saturated heterocycles. The van der Waals surface area contributed by atoms with Crippen LogP contribution < -0.4 is 10.5 Å². The number of thiophene rings is 1. The van der Waals surface area contributed by atoms with Crippen LogP contribution in [0.1, 0.15) is 22.6 Å². The molecule has 4 nitrogen and oxygen atoms in total. The molecule has 2 aromatic heterocycles. The summed E-state index contributed by atoms with van der Waals surface area (Å²) in [6.07, 6.45) is 6.47. The number of allylic oxidation sites excluding steroid dienone is 2. The Kier molecular flexibility index (Phi) is 4.79. The number of anilines is 1. The van der Waals surface area contributed by atoms with Gasteiger partial charge < -0.3 is 15.0 Å². The third kappa shape index (κ3) is 3.21. The molecule has 0 amide bonds. The SMILES string of the molecule is N#Cc1ccc2c(c1)C1C=C(c3cc(N)ccc3-n3c4ccccc4c4ccc5c6ccccc6sc5c43)C=CC1O2. The topological polar surface area (TPSA) is 64.0 Å². The van der Waals surface area contributed by atoms with Crippen LogP contribution in [0.15, 0.2) is 115 Å². The maximum absolute atomic E-state index is 9.53. The van der Waals surface area contributed by atoms with Gasteiger partial charge in [0.05, 0.1) is 33.1 Å². The molecule has 9 rings (SSSR count). The van der Waals surface area contributed by atoms with Gasteiger partial charge in [-0.15, -0.1) is 11.3 Å². The number of para-hydroxylation sites is 1. The van der Waals surface area contributed by atoms with Crippen molar-refractivity contribution in [3.63, 3.8) is 0 Å². The van der Waals surface area contributed by atoms with Crippen molar-refractivity contribution >= 4 is 64.6 Å². The summed E-state index contributed by atoms with van der Waals surface area (Å²) in [5.41, 5.74) is 14.5. The molecule has 2 atom stereocenters. The molecule has 0 radical (unpaired) electrons. The molecule has 0 spiro atoms. The summed E-state index contributed by atoms with van der Waals surface area (Å²) >= 11 is 1.85. The van der Waals surface area contributed by atoms with Gasteiger partial charge in [-0.1, -0.05) is 60.7 Å². The number of hydrogen-bond donors (Lipinski definition) is 1. The van der Waals surface area contributed by atoms with Crippen molar-refractivity contribution in [2.75, 3.05) is 5.73 Å². The molecule has 198 valence electrons. The van der Waals surface area contributed by atoms with Crippen molar-refractivity contribution in [1.82, 2.24) is 4.57 Å². The smallest absolute Gasteiger partial charge is 0.128 e. The van der Waals surface area contributed by atoms with E-state index in [2.05, 4.69) is 102 Å². The van der Waals surface area contributed by atoms with Crippen molar-refractivity contribution < 1.29 is 4.74 Å². The maximum atomic E-state index is 9.53. The number of aromatic nitrogens is 1. The number of ether oxygens (including phenoxy) is 1. The quantitative estimate of drug-likeness (QED) is 0.216. The monoisotopic (exact) mass is 557 g/mol. The van der Waals surface area contributed by atoms with Gasteiger partial charge in [-0.2, -0.15) is 5.26 Å². The fourth-order valence-corrected chi connectivity index (χ4v) is 8.05. The fraction of sp³-hybridized carbons (Fsp3) is 0.0541. The van der Waals surface area contributed by atoms with Crippen LogP contribution in [0.4, 0.5) is 5.69 Å². The van der Waals surface area contributed by atoms with E-state index in [9.17, 15) is 5.26 Å². The minimum Gasteiger partial charge on any atom is -0.485 e. The standard InChI is InChI=1S/C37H23N3OS/c38-20-21-9-15-33-29(17-21)30-18-22(10-16-34(30)41-33)28-19-23(39)11-14-32(28)40-31-7-3-1-5-24(31)26-12-13-27-25-6-2-4-8-35(25)42-37(27)36(26)40/h1-19,30,34H,39H2. The minimum absolute atomic E-state index is 0.0232. The van der Waals surface area contributed by atoms with Crippen LogP contribution in [0.2, 0.25) is 0 Å². The van der Waals surface area contributed by atoms with Crippen molar-refractivity contribution in [3.05, 3.63) is 132 Å². The van der Waals surface area contributed by atoms with E-state index in [1.165, 1.54) is 36.5 Å². The van der Waals surface area contributed by atoms with Crippen LogP contribution in [-0.2, 0) is 0 Å². The average Bonchev–Trinajstić information content (AvgIpc) is 3.70. The maximum Gasteiger partial charge on any atom is 0.128 e. The predicted molar refractivity (Wildman–Crippen MR) is 174 cm³/mol. The lowest BCUT2D eigenvalue weighted by Gasteiger charge is -2.21. The summed E-state index contributed by atoms with van der Waals surface area (Å²) in [4.78, 5) is 0. The highest BCUT2D eigenvalue weighted by molar-refractivity contribution is 7.26. The van der Waals surface area contributed by atoms with Gasteiger partial charge in [0.25, 0.3) is 0 Å². The Hall–Kier alpha value is -5.31. The van der Waals surface area contributed by atoms with Crippen molar-refractivity contribution in [2.24, 2.45) is 0 Å². The molecule has 2 N–H and O–H groups in total. The molecule has 0 bridgehead atoms. The summed E-state index contributed by atoms with van der Waals surface area (Å²) < 4.78 is 11.2. The molecule has 1 aliphatic heterocycles. The van der Waals surface area contributed by atoms with E-state index in [-0.39, 0.29) is 12.0 Å². The molecule has 42 heavy (non-hydrogen) atoms. The number of nitriles is 1. The first-order chi connectivity index (χ1) is 20.7. The largest absolute Gasteiger partial charge is 0.485 e. The van der Waals surface area contributed by atoms with Gasteiger partial charge >= 0.3 is 0 Å². The van der Waals surface area contributed by atoms with E-state index in [1.807, 2.05) is 35.6 Å². The fourth-order valence-electron chi connectivity index (χ4n) is 6.81. The van der Waals surface area contributed by atoms with Gasteiger partial charge in [-0.05, 0) is 60.2 Å². The molecule has 2 unspecified atom stereocenters. The minimum atomic E-state index is -0.0892. The van der Waals surface area contributed by atoms with Crippen molar-refractivity contribution in [2.45, 2.75) is 12.0 Å². The van der Waals surface area contributed by atoms with Crippen LogP contribution in [-0.4, -0.2) is 10.7 Å². The zero-order valence-electron chi connectivity index (χ0n) is 22.4. The van der Waals surface area contributed by atoms with Gasteiger partial charge in [0.1, 0.15) is 11.9 Å². The molecule has 2 aliphatic rings. The Morgan fingerprint density at radius 3 is 2.57 bits per heavy atom. The normalized spacial score (nSPS) is 17.4. The highest BCUT2D eigenvalue weighted by atomic mass is 32.1. The number of fused-ring (bicyclic) bond motifs is 10. The van der Waals surface area contributed by atoms with E-state index in [0.717, 1.165) is 33.7 Å². The second-order valence-corrected chi connectivity index (χ2v) is 12.1. The molecule has 7 aromatic rings. The molecule has 1 aliphatic carbocycles. The molecule has 5 heteroatoms. The highest BCUT2D eigenvalue weighted by Crippen LogP contribution is 2.47. The Bertz CT molecular complexity index is 2380. The highest BCUT2D eigenvalue weighted by Gasteiger charge is 2.34. The summed E-state index contributed by atoms with van der Waals surface area (Å²) in [7, 11) is 0. The van der Waals surface area contributed by atoms with Crippen LogP contribution in [0, 0.1) is 11.3 Å². The summed E-state index contributed by atoms with van der Waals surface area (Å²) in [5, 5.41) is 14.6. The zero-order chi connectivity index (χ0) is 27.9. The first-order valence-electron chi connectivity index (χ1n) is 14.0. The van der Waals surface area contributed by atoms with E-state index >= 15 is 0 Å². The molecular weight excluding hydrogens is 534 g/mol. The lowest BCUT2D eigenvalue weighted by Crippen LogP contribution is -2.17. The van der Waals surface area contributed by atoms with Gasteiger partial charge in [0.15, 0.2) is 0 Å². The molecule has 5 aromatic carbocycles. The number of benzene rings is 5. The second kappa shape index (κ2) is 8.59. The van der Waals surface area contributed by atoms with Crippen LogP contribution >= 0.6 is 11.3 Å². The number of nitrogens with zero attached hydrogens (tertiary/aromatic N) is 2. The van der Waals surface area contributed by atoms with Gasteiger partial charge in [0, 0.05) is 49.0 Å². The van der Waals surface area contributed by atoms with Crippen molar-refractivity contribution in [1.29, 1.82) is 5.26 Å². The van der Waals surface area contributed by atoms with Crippen LogP contribution in [0.25, 0.3) is 53.2 Å². The number of nitrogen functional groups attached to an aromatic ring is 1. The number of rotatable bonds is 2. The van der Waals surface area contributed by atoms with Crippen molar-refractivity contribution in [3.8, 4) is 17.5 Å². The average molecular weight is 558 g/mol. The first kappa shape index (κ1) is 23.4. The predicted octanol–water partition coefficient (Wildman–Crippen LogP) is 9.10. The van der Waals surface area contributed by atoms with Gasteiger partial charge in [-0.3, -0.25) is 0 Å². The lowest BCUT2D eigenvalue weighted by molar-refractivity contribution is 0.269. The van der Waals surface area contributed by atoms with Crippen LogP contribution in [0.5, 0.6) is 5.75 Å². The van der Waals surface area contributed by atoms with Crippen LogP contribution in [0.3, 0.4) is 0 Å².